The van der Waals surface area contributed by atoms with E-state index in [1.165, 1.54) is 4.90 Å². The molecule has 0 radical (unpaired) electrons. The molecule has 6 nitrogen and oxygen atoms in total. The molecule has 1 heterocycles. The standard InChI is InChI=1S/C15H19N3O3/c1-9-4-5-10(15(21)18(2)3)6-12(9)17-14(20)11-7-13(19)16-8-11/h4-6,11H,7-8H2,1-3H3,(H,16,19)(H,17,20). The summed E-state index contributed by atoms with van der Waals surface area (Å²) < 4.78 is 0. The maximum atomic E-state index is 12.1. The van der Waals surface area contributed by atoms with Gasteiger partial charge in [-0.3, -0.25) is 14.4 Å². The second-order valence-electron chi connectivity index (χ2n) is 5.42. The van der Waals surface area contributed by atoms with Crippen LogP contribution in [0.15, 0.2) is 18.2 Å². The summed E-state index contributed by atoms with van der Waals surface area (Å²) in [6.45, 7) is 2.22. The van der Waals surface area contributed by atoms with Gasteiger partial charge in [-0.1, -0.05) is 6.07 Å². The molecule has 1 unspecified atom stereocenters. The van der Waals surface area contributed by atoms with Crippen molar-refractivity contribution >= 4 is 23.4 Å². The molecule has 2 rings (SSSR count). The first-order chi connectivity index (χ1) is 9.88. The Bertz CT molecular complexity index is 596. The van der Waals surface area contributed by atoms with Crippen molar-refractivity contribution in [2.75, 3.05) is 26.0 Å². The van der Waals surface area contributed by atoms with E-state index in [-0.39, 0.29) is 30.1 Å². The number of nitrogens with zero attached hydrogens (tertiary/aromatic N) is 1. The topological polar surface area (TPSA) is 78.5 Å². The van der Waals surface area contributed by atoms with Crippen molar-refractivity contribution in [2.24, 2.45) is 5.92 Å². The lowest BCUT2D eigenvalue weighted by atomic mass is 10.1. The van der Waals surface area contributed by atoms with Crippen LogP contribution in [-0.2, 0) is 9.59 Å². The van der Waals surface area contributed by atoms with E-state index in [1.807, 2.05) is 6.92 Å². The Labute approximate surface area is 123 Å². The Balaban J connectivity index is 2.15. The van der Waals surface area contributed by atoms with Gasteiger partial charge in [-0.2, -0.15) is 0 Å². The van der Waals surface area contributed by atoms with Crippen molar-refractivity contribution in [3.63, 3.8) is 0 Å². The summed E-state index contributed by atoms with van der Waals surface area (Å²) in [5.74, 6) is -0.789. The van der Waals surface area contributed by atoms with Gasteiger partial charge < -0.3 is 15.5 Å². The predicted molar refractivity (Wildman–Crippen MR) is 78.9 cm³/mol. The van der Waals surface area contributed by atoms with E-state index in [4.69, 9.17) is 0 Å². The van der Waals surface area contributed by atoms with Crippen LogP contribution in [-0.4, -0.2) is 43.3 Å². The highest BCUT2D eigenvalue weighted by Crippen LogP contribution is 2.20. The molecule has 2 N–H and O–H groups in total. The van der Waals surface area contributed by atoms with Gasteiger partial charge in [0.2, 0.25) is 11.8 Å². The first kappa shape index (κ1) is 15.0. The molecule has 1 aromatic rings. The maximum absolute atomic E-state index is 12.1. The number of rotatable bonds is 3. The van der Waals surface area contributed by atoms with Crippen molar-refractivity contribution in [1.29, 1.82) is 0 Å². The number of aryl methyl sites for hydroxylation is 1. The van der Waals surface area contributed by atoms with Crippen LogP contribution in [0.1, 0.15) is 22.3 Å². The van der Waals surface area contributed by atoms with Crippen LogP contribution in [0.3, 0.4) is 0 Å². The van der Waals surface area contributed by atoms with Crippen LogP contribution in [0.5, 0.6) is 0 Å². The van der Waals surface area contributed by atoms with Crippen molar-refractivity contribution in [3.05, 3.63) is 29.3 Å². The molecule has 0 aliphatic carbocycles. The van der Waals surface area contributed by atoms with Crippen LogP contribution in [0.4, 0.5) is 5.69 Å². The molecule has 1 atom stereocenters. The Morgan fingerprint density at radius 3 is 2.62 bits per heavy atom. The molecule has 0 aromatic heterocycles. The quantitative estimate of drug-likeness (QED) is 0.862. The molecule has 6 heteroatoms. The van der Waals surface area contributed by atoms with E-state index in [9.17, 15) is 14.4 Å². The first-order valence-corrected chi connectivity index (χ1v) is 6.78. The van der Waals surface area contributed by atoms with Gasteiger partial charge in [-0.25, -0.2) is 0 Å². The molecule has 1 aliphatic heterocycles. The number of carbonyl (C=O) groups excluding carboxylic acids is 3. The summed E-state index contributed by atoms with van der Waals surface area (Å²) in [7, 11) is 3.35. The van der Waals surface area contributed by atoms with Crippen molar-refractivity contribution in [2.45, 2.75) is 13.3 Å². The lowest BCUT2D eigenvalue weighted by molar-refractivity contribution is -0.123. The fourth-order valence-electron chi connectivity index (χ4n) is 2.17. The van der Waals surface area contributed by atoms with Crippen molar-refractivity contribution in [1.82, 2.24) is 10.2 Å². The van der Waals surface area contributed by atoms with E-state index in [2.05, 4.69) is 10.6 Å². The molecule has 0 spiro atoms. The lowest BCUT2D eigenvalue weighted by Crippen LogP contribution is -2.25. The third-order valence-electron chi connectivity index (χ3n) is 3.50. The van der Waals surface area contributed by atoms with Gasteiger partial charge >= 0.3 is 0 Å². The fourth-order valence-corrected chi connectivity index (χ4v) is 2.17. The molecule has 112 valence electrons. The number of carbonyl (C=O) groups is 3. The SMILES string of the molecule is Cc1ccc(C(=O)N(C)C)cc1NC(=O)C1CNC(=O)C1. The smallest absolute Gasteiger partial charge is 0.253 e. The summed E-state index contributed by atoms with van der Waals surface area (Å²) in [5, 5.41) is 5.44. The number of benzene rings is 1. The zero-order valence-electron chi connectivity index (χ0n) is 12.4. The van der Waals surface area contributed by atoms with Crippen LogP contribution in [0.25, 0.3) is 0 Å². The van der Waals surface area contributed by atoms with Crippen LogP contribution in [0.2, 0.25) is 0 Å². The molecule has 0 bridgehead atoms. The molecule has 1 saturated heterocycles. The second-order valence-corrected chi connectivity index (χ2v) is 5.42. The van der Waals surface area contributed by atoms with Gasteiger partial charge in [-0.05, 0) is 24.6 Å². The molecular weight excluding hydrogens is 270 g/mol. The van der Waals surface area contributed by atoms with Gasteiger partial charge in [0, 0.05) is 38.3 Å². The molecular formula is C15H19N3O3. The molecule has 1 fully saturated rings. The number of nitrogens with one attached hydrogen (secondary N) is 2. The Kier molecular flexibility index (Phi) is 4.26. The fraction of sp³-hybridized carbons (Fsp3) is 0.400. The Hall–Kier alpha value is -2.37. The third kappa shape index (κ3) is 3.39. The minimum Gasteiger partial charge on any atom is -0.355 e. The van der Waals surface area contributed by atoms with Crippen molar-refractivity contribution < 1.29 is 14.4 Å². The molecule has 21 heavy (non-hydrogen) atoms. The highest BCUT2D eigenvalue weighted by atomic mass is 16.2. The number of anilines is 1. The Morgan fingerprint density at radius 2 is 2.05 bits per heavy atom. The summed E-state index contributed by atoms with van der Waals surface area (Å²) in [6, 6.07) is 5.19. The van der Waals surface area contributed by atoms with Gasteiger partial charge in [0.15, 0.2) is 0 Å². The van der Waals surface area contributed by atoms with Crippen LogP contribution in [0, 0.1) is 12.8 Å². The molecule has 3 amide bonds. The Morgan fingerprint density at radius 1 is 1.33 bits per heavy atom. The summed E-state index contributed by atoms with van der Waals surface area (Å²) in [6.07, 6.45) is 0.210. The third-order valence-corrected chi connectivity index (χ3v) is 3.50. The van der Waals surface area contributed by atoms with Gasteiger partial charge in [0.25, 0.3) is 5.91 Å². The lowest BCUT2D eigenvalue weighted by Gasteiger charge is -2.15. The summed E-state index contributed by atoms with van der Waals surface area (Å²) >= 11 is 0. The minimum absolute atomic E-state index is 0.108. The largest absolute Gasteiger partial charge is 0.355 e. The highest BCUT2D eigenvalue weighted by molar-refractivity contribution is 6.00. The van der Waals surface area contributed by atoms with E-state index in [0.717, 1.165) is 5.56 Å². The van der Waals surface area contributed by atoms with Crippen LogP contribution < -0.4 is 10.6 Å². The summed E-state index contributed by atoms with van der Waals surface area (Å²) in [4.78, 5) is 36.7. The van der Waals surface area contributed by atoms with E-state index < -0.39 is 0 Å². The molecule has 1 aliphatic rings. The maximum Gasteiger partial charge on any atom is 0.253 e. The number of amides is 3. The zero-order valence-corrected chi connectivity index (χ0v) is 12.4. The molecule has 1 aromatic carbocycles. The normalized spacial score (nSPS) is 17.3. The number of hydrogen-bond donors (Lipinski definition) is 2. The van der Waals surface area contributed by atoms with E-state index in [0.29, 0.717) is 17.8 Å². The second kappa shape index (κ2) is 5.95. The van der Waals surface area contributed by atoms with Crippen LogP contribution >= 0.6 is 0 Å². The zero-order chi connectivity index (χ0) is 15.6. The highest BCUT2D eigenvalue weighted by Gasteiger charge is 2.28. The average molecular weight is 289 g/mol. The monoisotopic (exact) mass is 289 g/mol. The average Bonchev–Trinajstić information content (AvgIpc) is 2.87. The summed E-state index contributed by atoms with van der Waals surface area (Å²) in [5.41, 5.74) is 1.99. The van der Waals surface area contributed by atoms with Gasteiger partial charge in [0.1, 0.15) is 0 Å². The van der Waals surface area contributed by atoms with Crippen molar-refractivity contribution in [3.8, 4) is 0 Å². The minimum atomic E-state index is -0.356. The molecule has 0 saturated carbocycles. The van der Waals surface area contributed by atoms with E-state index >= 15 is 0 Å². The van der Waals surface area contributed by atoms with Gasteiger partial charge in [-0.15, -0.1) is 0 Å². The van der Waals surface area contributed by atoms with Gasteiger partial charge in [0.05, 0.1) is 5.92 Å². The first-order valence-electron chi connectivity index (χ1n) is 6.78. The predicted octanol–water partition coefficient (Wildman–Crippen LogP) is 0.771. The van der Waals surface area contributed by atoms with E-state index in [1.54, 1.807) is 32.3 Å². The number of hydrogen-bond acceptors (Lipinski definition) is 3.